The van der Waals surface area contributed by atoms with E-state index >= 15 is 0 Å². The predicted molar refractivity (Wildman–Crippen MR) is 116 cm³/mol. The highest BCUT2D eigenvalue weighted by Crippen LogP contribution is 2.22. The number of benzene rings is 2. The number of ether oxygens (including phenoxy) is 1. The summed E-state index contributed by atoms with van der Waals surface area (Å²) in [6.45, 7) is 4.31. The zero-order chi connectivity index (χ0) is 19.9. The number of aromatic nitrogens is 3. The Hall–Kier alpha value is -3.10. The van der Waals surface area contributed by atoms with Gasteiger partial charge in [0.05, 0.1) is 24.9 Å². The lowest BCUT2D eigenvalue weighted by Gasteiger charge is -2.22. The van der Waals surface area contributed by atoms with Gasteiger partial charge in [0.15, 0.2) is 0 Å². The average Bonchev–Trinajstić information content (AvgIpc) is 3.13. The normalized spacial score (nSPS) is 16.1. The van der Waals surface area contributed by atoms with Crippen LogP contribution < -0.4 is 5.32 Å². The van der Waals surface area contributed by atoms with Gasteiger partial charge in [0.1, 0.15) is 5.69 Å². The van der Waals surface area contributed by atoms with Crippen LogP contribution in [0.4, 0.5) is 5.69 Å². The molecule has 29 heavy (non-hydrogen) atoms. The second-order valence-electron chi connectivity index (χ2n) is 7.29. The van der Waals surface area contributed by atoms with E-state index in [0.29, 0.717) is 6.54 Å². The second-order valence-corrected chi connectivity index (χ2v) is 7.29. The molecule has 1 aromatic heterocycles. The van der Waals surface area contributed by atoms with E-state index in [1.54, 1.807) is 0 Å². The lowest BCUT2D eigenvalue weighted by Crippen LogP contribution is -2.25. The molecule has 1 aliphatic heterocycles. The molecule has 0 aliphatic carbocycles. The smallest absolute Gasteiger partial charge is 0.115 e. The number of nitrogens with one attached hydrogen (secondary N) is 1. The maximum absolute atomic E-state index is 5.83. The van der Waals surface area contributed by atoms with Crippen molar-refractivity contribution in [1.82, 2.24) is 15.0 Å². The summed E-state index contributed by atoms with van der Waals surface area (Å²) in [5.74, 6) is 6.36. The monoisotopic (exact) mass is 386 g/mol. The Morgan fingerprint density at radius 1 is 1.10 bits per heavy atom. The Morgan fingerprint density at radius 3 is 2.69 bits per heavy atom. The third-order valence-electron chi connectivity index (χ3n) is 5.18. The molecule has 0 amide bonds. The minimum Gasteiger partial charge on any atom is -0.376 e. The van der Waals surface area contributed by atoms with Crippen LogP contribution in [0.5, 0.6) is 0 Å². The number of nitrogens with zero attached hydrogens (tertiary/aromatic N) is 3. The van der Waals surface area contributed by atoms with Gasteiger partial charge in [-0.3, -0.25) is 0 Å². The van der Waals surface area contributed by atoms with E-state index in [1.807, 2.05) is 47.1 Å². The van der Waals surface area contributed by atoms with E-state index in [4.69, 9.17) is 4.74 Å². The summed E-state index contributed by atoms with van der Waals surface area (Å²) in [6, 6.07) is 18.3. The fourth-order valence-electron chi connectivity index (χ4n) is 3.50. The third-order valence-corrected chi connectivity index (χ3v) is 5.18. The molecule has 1 unspecified atom stereocenters. The van der Waals surface area contributed by atoms with Gasteiger partial charge in [-0.15, -0.1) is 5.10 Å². The fraction of sp³-hybridized carbons (Fsp3) is 0.333. The lowest BCUT2D eigenvalue weighted by molar-refractivity contribution is 0.00337. The molecular weight excluding hydrogens is 360 g/mol. The molecule has 5 heteroatoms. The van der Waals surface area contributed by atoms with E-state index in [1.165, 1.54) is 6.42 Å². The third kappa shape index (κ3) is 5.04. The van der Waals surface area contributed by atoms with Gasteiger partial charge in [-0.2, -0.15) is 0 Å². The van der Waals surface area contributed by atoms with Crippen LogP contribution in [0.3, 0.4) is 0 Å². The zero-order valence-corrected chi connectivity index (χ0v) is 16.8. The Labute approximate surface area is 172 Å². The highest BCUT2D eigenvalue weighted by molar-refractivity contribution is 5.62. The van der Waals surface area contributed by atoms with Gasteiger partial charge in [-0.1, -0.05) is 47.4 Å². The van der Waals surface area contributed by atoms with E-state index in [-0.39, 0.29) is 6.10 Å². The molecule has 0 bridgehead atoms. The van der Waals surface area contributed by atoms with Crippen molar-refractivity contribution in [3.8, 4) is 23.1 Å². The summed E-state index contributed by atoms with van der Waals surface area (Å²) in [6.07, 6.45) is 3.74. The van der Waals surface area contributed by atoms with Gasteiger partial charge in [0.2, 0.25) is 0 Å². The molecule has 148 valence electrons. The van der Waals surface area contributed by atoms with Crippen LogP contribution in [0.15, 0.2) is 54.6 Å². The second kappa shape index (κ2) is 9.40. The number of para-hydroxylation sites is 1. The van der Waals surface area contributed by atoms with Crippen molar-refractivity contribution < 1.29 is 4.74 Å². The largest absolute Gasteiger partial charge is 0.376 e. The molecule has 0 spiro atoms. The van der Waals surface area contributed by atoms with Crippen LogP contribution in [-0.4, -0.2) is 34.2 Å². The first-order valence-corrected chi connectivity index (χ1v) is 10.2. The standard InChI is InChI=1S/C24H26N4O/c1-19-24(26-27-28(19)18-23-11-5-6-17-29-23)21-14-12-20(13-15-21)8-7-16-25-22-9-3-2-4-10-22/h2-4,9-10,12-15,23,25H,5-6,11,16-18H2,1H3. The Balaban J connectivity index is 1.37. The van der Waals surface area contributed by atoms with Crippen molar-refractivity contribution in [3.63, 3.8) is 0 Å². The minimum atomic E-state index is 0.249. The number of anilines is 1. The molecule has 2 aromatic carbocycles. The number of hydrogen-bond donors (Lipinski definition) is 1. The molecule has 0 radical (unpaired) electrons. The van der Waals surface area contributed by atoms with Crippen molar-refractivity contribution in [2.45, 2.75) is 38.8 Å². The molecule has 1 aliphatic rings. The van der Waals surface area contributed by atoms with Crippen LogP contribution in [-0.2, 0) is 11.3 Å². The Morgan fingerprint density at radius 2 is 1.93 bits per heavy atom. The first-order chi connectivity index (χ1) is 14.3. The predicted octanol–water partition coefficient (Wildman–Crippen LogP) is 4.29. The van der Waals surface area contributed by atoms with Gasteiger partial charge in [0.25, 0.3) is 0 Å². The summed E-state index contributed by atoms with van der Waals surface area (Å²) in [5, 5.41) is 12.0. The molecule has 1 fully saturated rings. The first kappa shape index (κ1) is 19.2. The molecule has 0 saturated carbocycles. The van der Waals surface area contributed by atoms with Crippen LogP contribution in [0.25, 0.3) is 11.3 Å². The Bertz CT molecular complexity index is 977. The summed E-state index contributed by atoms with van der Waals surface area (Å²) in [4.78, 5) is 0. The van der Waals surface area contributed by atoms with E-state index in [0.717, 1.165) is 54.2 Å². The molecule has 1 N–H and O–H groups in total. The summed E-state index contributed by atoms with van der Waals surface area (Å²) in [5.41, 5.74) is 5.13. The zero-order valence-electron chi connectivity index (χ0n) is 16.8. The van der Waals surface area contributed by atoms with Crippen LogP contribution in [0.1, 0.15) is 30.5 Å². The van der Waals surface area contributed by atoms with E-state index in [9.17, 15) is 0 Å². The molecule has 1 atom stereocenters. The van der Waals surface area contributed by atoms with E-state index in [2.05, 4.69) is 46.5 Å². The van der Waals surface area contributed by atoms with Crippen molar-refractivity contribution in [2.24, 2.45) is 0 Å². The van der Waals surface area contributed by atoms with E-state index < -0.39 is 0 Å². The Kier molecular flexibility index (Phi) is 6.23. The highest BCUT2D eigenvalue weighted by atomic mass is 16.5. The molecule has 5 nitrogen and oxygen atoms in total. The van der Waals surface area contributed by atoms with Crippen molar-refractivity contribution in [1.29, 1.82) is 0 Å². The molecule has 2 heterocycles. The van der Waals surface area contributed by atoms with Gasteiger partial charge >= 0.3 is 0 Å². The first-order valence-electron chi connectivity index (χ1n) is 10.2. The maximum atomic E-state index is 5.83. The molecule has 4 rings (SSSR count). The summed E-state index contributed by atoms with van der Waals surface area (Å²) < 4.78 is 7.80. The van der Waals surface area contributed by atoms with Gasteiger partial charge in [0, 0.05) is 23.4 Å². The maximum Gasteiger partial charge on any atom is 0.115 e. The molecular formula is C24H26N4O. The van der Waals surface area contributed by atoms with Crippen molar-refractivity contribution in [2.75, 3.05) is 18.5 Å². The molecule has 3 aromatic rings. The lowest BCUT2D eigenvalue weighted by atomic mass is 10.1. The quantitative estimate of drug-likeness (QED) is 0.665. The van der Waals surface area contributed by atoms with Crippen LogP contribution >= 0.6 is 0 Å². The van der Waals surface area contributed by atoms with Crippen molar-refractivity contribution >= 4 is 5.69 Å². The van der Waals surface area contributed by atoms with Gasteiger partial charge < -0.3 is 10.1 Å². The fourth-order valence-corrected chi connectivity index (χ4v) is 3.50. The van der Waals surface area contributed by atoms with Gasteiger partial charge in [-0.25, -0.2) is 4.68 Å². The highest BCUT2D eigenvalue weighted by Gasteiger charge is 2.18. The SMILES string of the molecule is Cc1c(-c2ccc(C#CCNc3ccccc3)cc2)nnn1CC1CCCCO1. The van der Waals surface area contributed by atoms with Crippen LogP contribution in [0.2, 0.25) is 0 Å². The number of hydrogen-bond acceptors (Lipinski definition) is 4. The number of rotatable bonds is 5. The topological polar surface area (TPSA) is 52.0 Å². The summed E-state index contributed by atoms with van der Waals surface area (Å²) in [7, 11) is 0. The van der Waals surface area contributed by atoms with Crippen molar-refractivity contribution in [3.05, 3.63) is 65.9 Å². The summed E-state index contributed by atoms with van der Waals surface area (Å²) >= 11 is 0. The van der Waals surface area contributed by atoms with Crippen LogP contribution in [0, 0.1) is 18.8 Å². The molecule has 1 saturated heterocycles. The minimum absolute atomic E-state index is 0.249. The average molecular weight is 386 g/mol. The van der Waals surface area contributed by atoms with Gasteiger partial charge in [-0.05, 0) is 50.5 Å².